The smallest absolute Gasteiger partial charge is 0.222 e. The first kappa shape index (κ1) is 13.9. The SMILES string of the molecule is CC(C)C1CCCC(NC2CCC(=O)N(C)C2)C1. The van der Waals surface area contributed by atoms with Gasteiger partial charge in [0.1, 0.15) is 0 Å². The Morgan fingerprint density at radius 1 is 1.22 bits per heavy atom. The maximum Gasteiger partial charge on any atom is 0.222 e. The van der Waals surface area contributed by atoms with E-state index in [-0.39, 0.29) is 0 Å². The van der Waals surface area contributed by atoms with Gasteiger partial charge in [0.2, 0.25) is 5.91 Å². The molecule has 1 saturated heterocycles. The minimum atomic E-state index is 0.303. The fourth-order valence-electron chi connectivity index (χ4n) is 3.47. The second-order valence-corrected chi connectivity index (χ2v) is 6.54. The van der Waals surface area contributed by atoms with E-state index >= 15 is 0 Å². The average molecular weight is 252 g/mol. The van der Waals surface area contributed by atoms with Crippen LogP contribution in [0.4, 0.5) is 0 Å². The molecule has 18 heavy (non-hydrogen) atoms. The summed E-state index contributed by atoms with van der Waals surface area (Å²) in [5.41, 5.74) is 0. The Kier molecular flexibility index (Phi) is 4.66. The Hall–Kier alpha value is -0.570. The van der Waals surface area contributed by atoms with E-state index in [1.807, 2.05) is 11.9 Å². The summed E-state index contributed by atoms with van der Waals surface area (Å²) in [6.07, 6.45) is 7.14. The van der Waals surface area contributed by atoms with Gasteiger partial charge in [0.05, 0.1) is 0 Å². The lowest BCUT2D eigenvalue weighted by Gasteiger charge is -2.37. The van der Waals surface area contributed by atoms with Crippen LogP contribution in [0.15, 0.2) is 0 Å². The van der Waals surface area contributed by atoms with E-state index in [9.17, 15) is 4.79 Å². The third-order valence-electron chi connectivity index (χ3n) is 4.76. The van der Waals surface area contributed by atoms with Crippen molar-refractivity contribution in [3.8, 4) is 0 Å². The van der Waals surface area contributed by atoms with Crippen molar-refractivity contribution in [2.45, 2.75) is 64.5 Å². The van der Waals surface area contributed by atoms with Crippen LogP contribution in [0.1, 0.15) is 52.4 Å². The molecule has 1 N–H and O–H groups in total. The number of nitrogens with zero attached hydrogens (tertiary/aromatic N) is 1. The zero-order chi connectivity index (χ0) is 13.1. The molecule has 1 amide bonds. The number of nitrogens with one attached hydrogen (secondary N) is 1. The molecule has 3 nitrogen and oxygen atoms in total. The highest BCUT2D eigenvalue weighted by Gasteiger charge is 2.28. The zero-order valence-corrected chi connectivity index (χ0v) is 12.1. The largest absolute Gasteiger partial charge is 0.344 e. The van der Waals surface area contributed by atoms with Crippen molar-refractivity contribution in [3.63, 3.8) is 0 Å². The summed E-state index contributed by atoms with van der Waals surface area (Å²) < 4.78 is 0. The number of amides is 1. The minimum absolute atomic E-state index is 0.303. The van der Waals surface area contributed by atoms with Crippen LogP contribution in [0.3, 0.4) is 0 Å². The van der Waals surface area contributed by atoms with Gasteiger partial charge in [-0.3, -0.25) is 4.79 Å². The number of rotatable bonds is 3. The second-order valence-electron chi connectivity index (χ2n) is 6.54. The maximum atomic E-state index is 11.5. The number of hydrogen-bond acceptors (Lipinski definition) is 2. The van der Waals surface area contributed by atoms with E-state index in [0.29, 0.717) is 24.4 Å². The molecular weight excluding hydrogens is 224 g/mol. The summed E-state index contributed by atoms with van der Waals surface area (Å²) in [7, 11) is 1.92. The Morgan fingerprint density at radius 3 is 2.67 bits per heavy atom. The van der Waals surface area contributed by atoms with Crippen LogP contribution in [0.25, 0.3) is 0 Å². The zero-order valence-electron chi connectivity index (χ0n) is 12.1. The Labute approximate surface area is 111 Å². The molecule has 0 radical (unpaired) electrons. The summed E-state index contributed by atoms with van der Waals surface area (Å²) in [4.78, 5) is 13.4. The average Bonchev–Trinajstić information content (AvgIpc) is 2.34. The fraction of sp³-hybridized carbons (Fsp3) is 0.933. The van der Waals surface area contributed by atoms with Crippen molar-refractivity contribution in [3.05, 3.63) is 0 Å². The molecule has 1 aliphatic heterocycles. The third kappa shape index (κ3) is 3.47. The predicted molar refractivity (Wildman–Crippen MR) is 74.4 cm³/mol. The van der Waals surface area contributed by atoms with Gasteiger partial charge in [-0.2, -0.15) is 0 Å². The fourth-order valence-corrected chi connectivity index (χ4v) is 3.47. The number of piperidine rings is 1. The topological polar surface area (TPSA) is 32.3 Å². The van der Waals surface area contributed by atoms with Gasteiger partial charge in [0.15, 0.2) is 0 Å². The van der Waals surface area contributed by atoms with Crippen LogP contribution < -0.4 is 5.32 Å². The summed E-state index contributed by atoms with van der Waals surface area (Å²) in [6.45, 7) is 5.59. The third-order valence-corrected chi connectivity index (χ3v) is 4.76. The minimum Gasteiger partial charge on any atom is -0.344 e. The van der Waals surface area contributed by atoms with Crippen LogP contribution in [-0.2, 0) is 4.79 Å². The van der Waals surface area contributed by atoms with Crippen molar-refractivity contribution in [2.75, 3.05) is 13.6 Å². The molecule has 3 unspecified atom stereocenters. The summed E-state index contributed by atoms with van der Waals surface area (Å²) in [5.74, 6) is 2.00. The van der Waals surface area contributed by atoms with Gasteiger partial charge in [0, 0.05) is 32.1 Å². The van der Waals surface area contributed by atoms with Crippen molar-refractivity contribution in [1.29, 1.82) is 0 Å². The van der Waals surface area contributed by atoms with Gasteiger partial charge in [-0.05, 0) is 31.1 Å². The maximum absolute atomic E-state index is 11.5. The highest BCUT2D eigenvalue weighted by molar-refractivity contribution is 5.76. The van der Waals surface area contributed by atoms with Crippen molar-refractivity contribution >= 4 is 5.91 Å². The van der Waals surface area contributed by atoms with Gasteiger partial charge in [-0.1, -0.05) is 26.7 Å². The molecule has 0 bridgehead atoms. The van der Waals surface area contributed by atoms with Crippen molar-refractivity contribution < 1.29 is 4.79 Å². The standard InChI is InChI=1S/C15H28N2O/c1-11(2)12-5-4-6-13(9-12)16-14-7-8-15(18)17(3)10-14/h11-14,16H,4-10H2,1-3H3. The summed E-state index contributed by atoms with van der Waals surface area (Å²) in [6, 6.07) is 1.20. The van der Waals surface area contributed by atoms with E-state index in [0.717, 1.165) is 24.8 Å². The molecule has 3 atom stereocenters. The molecule has 0 aromatic rings. The van der Waals surface area contributed by atoms with Crippen LogP contribution in [0.5, 0.6) is 0 Å². The molecular formula is C15H28N2O. The molecule has 104 valence electrons. The van der Waals surface area contributed by atoms with E-state index in [2.05, 4.69) is 19.2 Å². The van der Waals surface area contributed by atoms with Crippen LogP contribution >= 0.6 is 0 Å². The number of likely N-dealkylation sites (N-methyl/N-ethyl adjacent to an activating group) is 1. The molecule has 1 aliphatic carbocycles. The van der Waals surface area contributed by atoms with Gasteiger partial charge in [-0.15, -0.1) is 0 Å². The van der Waals surface area contributed by atoms with E-state index in [4.69, 9.17) is 0 Å². The number of carbonyl (C=O) groups excluding carboxylic acids is 1. The molecule has 2 fully saturated rings. The lowest BCUT2D eigenvalue weighted by molar-refractivity contribution is -0.132. The number of likely N-dealkylation sites (tertiary alicyclic amines) is 1. The summed E-state index contributed by atoms with van der Waals surface area (Å²) in [5, 5.41) is 3.80. The van der Waals surface area contributed by atoms with Crippen LogP contribution in [0, 0.1) is 11.8 Å². The molecule has 0 aromatic carbocycles. The summed E-state index contributed by atoms with van der Waals surface area (Å²) >= 11 is 0. The van der Waals surface area contributed by atoms with Crippen molar-refractivity contribution in [1.82, 2.24) is 10.2 Å². The van der Waals surface area contributed by atoms with Gasteiger partial charge >= 0.3 is 0 Å². The molecule has 3 heteroatoms. The van der Waals surface area contributed by atoms with E-state index in [1.165, 1.54) is 25.7 Å². The van der Waals surface area contributed by atoms with E-state index < -0.39 is 0 Å². The van der Waals surface area contributed by atoms with Crippen LogP contribution in [0.2, 0.25) is 0 Å². The van der Waals surface area contributed by atoms with Gasteiger partial charge in [-0.25, -0.2) is 0 Å². The lowest BCUT2D eigenvalue weighted by atomic mass is 9.79. The quantitative estimate of drug-likeness (QED) is 0.836. The molecule has 0 spiro atoms. The van der Waals surface area contributed by atoms with Gasteiger partial charge in [0.25, 0.3) is 0 Å². The number of carbonyl (C=O) groups is 1. The van der Waals surface area contributed by atoms with Crippen LogP contribution in [-0.4, -0.2) is 36.5 Å². The first-order valence-electron chi connectivity index (χ1n) is 7.56. The first-order valence-corrected chi connectivity index (χ1v) is 7.56. The Morgan fingerprint density at radius 2 is 2.00 bits per heavy atom. The highest BCUT2D eigenvalue weighted by Crippen LogP contribution is 2.30. The van der Waals surface area contributed by atoms with E-state index in [1.54, 1.807) is 0 Å². The normalized spacial score (nSPS) is 34.1. The molecule has 0 aromatic heterocycles. The molecule has 1 saturated carbocycles. The Bertz CT molecular complexity index is 290. The predicted octanol–water partition coefficient (Wildman–Crippen LogP) is 2.41. The van der Waals surface area contributed by atoms with Gasteiger partial charge < -0.3 is 10.2 Å². The molecule has 2 aliphatic rings. The Balaban J connectivity index is 1.80. The first-order chi connectivity index (χ1) is 8.56. The monoisotopic (exact) mass is 252 g/mol. The molecule has 1 heterocycles. The van der Waals surface area contributed by atoms with Crippen molar-refractivity contribution in [2.24, 2.45) is 11.8 Å². The second kappa shape index (κ2) is 6.05. The number of hydrogen-bond donors (Lipinski definition) is 1. The molecule has 2 rings (SSSR count). The lowest BCUT2D eigenvalue weighted by Crippen LogP contribution is -2.50. The highest BCUT2D eigenvalue weighted by atomic mass is 16.2.